The maximum atomic E-state index is 4.43. The first-order valence-electron chi connectivity index (χ1n) is 6.68. The van der Waals surface area contributed by atoms with Gasteiger partial charge >= 0.3 is 0 Å². The van der Waals surface area contributed by atoms with Crippen molar-refractivity contribution in [3.8, 4) is 0 Å². The van der Waals surface area contributed by atoms with Crippen molar-refractivity contribution in [1.82, 2.24) is 9.88 Å². The second-order valence-corrected chi connectivity index (χ2v) is 4.98. The SMILES string of the molecule is CCCNc1ccc(CN(C)C2CCC2)cn1. The summed E-state index contributed by atoms with van der Waals surface area (Å²) in [4.78, 5) is 6.88. The minimum Gasteiger partial charge on any atom is -0.370 e. The minimum atomic E-state index is 0.799. The molecule has 0 saturated heterocycles. The fraction of sp³-hybridized carbons (Fsp3) is 0.643. The van der Waals surface area contributed by atoms with Crippen molar-refractivity contribution in [2.75, 3.05) is 18.9 Å². The van der Waals surface area contributed by atoms with Gasteiger partial charge in [0.25, 0.3) is 0 Å². The maximum absolute atomic E-state index is 4.43. The lowest BCUT2D eigenvalue weighted by Crippen LogP contribution is -2.36. The molecule has 0 amide bonds. The van der Waals surface area contributed by atoms with Gasteiger partial charge in [-0.1, -0.05) is 19.4 Å². The number of nitrogens with one attached hydrogen (secondary N) is 1. The standard InChI is InChI=1S/C14H23N3/c1-3-9-15-14-8-7-12(10-16-14)11-17(2)13-5-4-6-13/h7-8,10,13H,3-6,9,11H2,1-2H3,(H,15,16). The molecule has 1 aromatic rings. The van der Waals surface area contributed by atoms with Crippen LogP contribution in [-0.2, 0) is 6.54 Å². The van der Waals surface area contributed by atoms with Crippen molar-refractivity contribution in [3.05, 3.63) is 23.9 Å². The number of hydrogen-bond donors (Lipinski definition) is 1. The summed E-state index contributed by atoms with van der Waals surface area (Å²) < 4.78 is 0. The Kier molecular flexibility index (Phi) is 4.37. The molecule has 3 nitrogen and oxygen atoms in total. The molecule has 3 heteroatoms. The molecule has 1 aliphatic rings. The van der Waals surface area contributed by atoms with Gasteiger partial charge in [-0.3, -0.25) is 4.90 Å². The fourth-order valence-electron chi connectivity index (χ4n) is 2.12. The third kappa shape index (κ3) is 3.43. The van der Waals surface area contributed by atoms with Crippen LogP contribution < -0.4 is 5.32 Å². The van der Waals surface area contributed by atoms with Crippen LogP contribution in [0.2, 0.25) is 0 Å². The fourth-order valence-corrected chi connectivity index (χ4v) is 2.12. The molecule has 0 atom stereocenters. The molecule has 1 N–H and O–H groups in total. The number of rotatable bonds is 6. The summed E-state index contributed by atoms with van der Waals surface area (Å²) in [7, 11) is 2.22. The lowest BCUT2D eigenvalue weighted by Gasteiger charge is -2.34. The highest BCUT2D eigenvalue weighted by Crippen LogP contribution is 2.24. The van der Waals surface area contributed by atoms with Gasteiger partial charge in [0.2, 0.25) is 0 Å². The van der Waals surface area contributed by atoms with Gasteiger partial charge in [0.05, 0.1) is 0 Å². The Hall–Kier alpha value is -1.09. The summed E-state index contributed by atoms with van der Waals surface area (Å²) in [5.74, 6) is 0.988. The van der Waals surface area contributed by atoms with Crippen molar-refractivity contribution in [1.29, 1.82) is 0 Å². The Labute approximate surface area is 104 Å². The van der Waals surface area contributed by atoms with E-state index in [1.54, 1.807) is 0 Å². The predicted molar refractivity (Wildman–Crippen MR) is 72.1 cm³/mol. The molecule has 1 heterocycles. The number of nitrogens with zero attached hydrogens (tertiary/aromatic N) is 2. The molecular weight excluding hydrogens is 210 g/mol. The van der Waals surface area contributed by atoms with Crippen LogP contribution in [-0.4, -0.2) is 29.5 Å². The first-order chi connectivity index (χ1) is 8.29. The van der Waals surface area contributed by atoms with E-state index in [4.69, 9.17) is 0 Å². The van der Waals surface area contributed by atoms with Gasteiger partial charge in [-0.05, 0) is 37.9 Å². The maximum Gasteiger partial charge on any atom is 0.125 e. The van der Waals surface area contributed by atoms with E-state index in [-0.39, 0.29) is 0 Å². The van der Waals surface area contributed by atoms with E-state index in [1.165, 1.54) is 24.8 Å². The van der Waals surface area contributed by atoms with Crippen molar-refractivity contribution >= 4 is 5.82 Å². The minimum absolute atomic E-state index is 0.799. The summed E-state index contributed by atoms with van der Waals surface area (Å²) in [5, 5.41) is 3.30. The summed E-state index contributed by atoms with van der Waals surface area (Å²) in [6.07, 6.45) is 7.24. The van der Waals surface area contributed by atoms with Crippen LogP contribution in [0.25, 0.3) is 0 Å². The summed E-state index contributed by atoms with van der Waals surface area (Å²) in [6.45, 7) is 4.18. The number of pyridine rings is 1. The Morgan fingerprint density at radius 3 is 2.76 bits per heavy atom. The Morgan fingerprint density at radius 2 is 2.24 bits per heavy atom. The second kappa shape index (κ2) is 6.01. The normalized spacial score (nSPS) is 15.9. The van der Waals surface area contributed by atoms with Crippen LogP contribution in [0.1, 0.15) is 38.2 Å². The van der Waals surface area contributed by atoms with Crippen LogP contribution >= 0.6 is 0 Å². The zero-order chi connectivity index (χ0) is 12.1. The highest BCUT2D eigenvalue weighted by molar-refractivity contribution is 5.35. The van der Waals surface area contributed by atoms with Gasteiger partial charge in [-0.2, -0.15) is 0 Å². The largest absolute Gasteiger partial charge is 0.370 e. The van der Waals surface area contributed by atoms with E-state index >= 15 is 0 Å². The van der Waals surface area contributed by atoms with Gasteiger partial charge < -0.3 is 5.32 Å². The van der Waals surface area contributed by atoms with Crippen LogP contribution in [0.4, 0.5) is 5.82 Å². The van der Waals surface area contributed by atoms with Gasteiger partial charge in [0.15, 0.2) is 0 Å². The molecule has 0 aromatic carbocycles. The highest BCUT2D eigenvalue weighted by Gasteiger charge is 2.21. The van der Waals surface area contributed by atoms with Crippen molar-refractivity contribution < 1.29 is 0 Å². The monoisotopic (exact) mass is 233 g/mol. The Balaban J connectivity index is 1.84. The first kappa shape index (κ1) is 12.4. The Bertz CT molecular complexity index is 330. The zero-order valence-electron chi connectivity index (χ0n) is 10.9. The second-order valence-electron chi connectivity index (χ2n) is 4.98. The van der Waals surface area contributed by atoms with Gasteiger partial charge in [0, 0.05) is 25.3 Å². The molecule has 0 aliphatic heterocycles. The molecule has 0 spiro atoms. The molecule has 1 fully saturated rings. The van der Waals surface area contributed by atoms with Crippen molar-refractivity contribution in [3.63, 3.8) is 0 Å². The van der Waals surface area contributed by atoms with Crippen LogP contribution in [0.3, 0.4) is 0 Å². The zero-order valence-corrected chi connectivity index (χ0v) is 10.9. The van der Waals surface area contributed by atoms with Gasteiger partial charge in [-0.15, -0.1) is 0 Å². The predicted octanol–water partition coefficient (Wildman–Crippen LogP) is 2.89. The Morgan fingerprint density at radius 1 is 1.41 bits per heavy atom. The lowest BCUT2D eigenvalue weighted by atomic mass is 9.92. The molecule has 0 bridgehead atoms. The molecule has 2 rings (SSSR count). The molecule has 1 saturated carbocycles. The van der Waals surface area contributed by atoms with Crippen LogP contribution in [0.5, 0.6) is 0 Å². The molecule has 0 radical (unpaired) electrons. The molecular formula is C14H23N3. The summed E-state index contributed by atoms with van der Waals surface area (Å²) in [6, 6.07) is 5.06. The molecule has 94 valence electrons. The van der Waals surface area contributed by atoms with E-state index in [9.17, 15) is 0 Å². The van der Waals surface area contributed by atoms with Gasteiger partial charge in [0.1, 0.15) is 5.82 Å². The summed E-state index contributed by atoms with van der Waals surface area (Å²) in [5.41, 5.74) is 1.31. The molecule has 1 aliphatic carbocycles. The van der Waals surface area contributed by atoms with Crippen molar-refractivity contribution in [2.45, 2.75) is 45.2 Å². The number of anilines is 1. The lowest BCUT2D eigenvalue weighted by molar-refractivity contribution is 0.152. The highest BCUT2D eigenvalue weighted by atomic mass is 15.1. The van der Waals surface area contributed by atoms with Crippen molar-refractivity contribution in [2.24, 2.45) is 0 Å². The molecule has 0 unspecified atom stereocenters. The van der Waals surface area contributed by atoms with Crippen LogP contribution in [0.15, 0.2) is 18.3 Å². The van der Waals surface area contributed by atoms with E-state index in [0.717, 1.165) is 31.4 Å². The number of hydrogen-bond acceptors (Lipinski definition) is 3. The summed E-state index contributed by atoms with van der Waals surface area (Å²) >= 11 is 0. The van der Waals surface area contributed by atoms with E-state index in [0.29, 0.717) is 0 Å². The molecule has 17 heavy (non-hydrogen) atoms. The van der Waals surface area contributed by atoms with E-state index < -0.39 is 0 Å². The van der Waals surface area contributed by atoms with E-state index in [1.807, 2.05) is 6.20 Å². The number of aromatic nitrogens is 1. The third-order valence-corrected chi connectivity index (χ3v) is 3.51. The third-order valence-electron chi connectivity index (χ3n) is 3.51. The average molecular weight is 233 g/mol. The van der Waals surface area contributed by atoms with Gasteiger partial charge in [-0.25, -0.2) is 4.98 Å². The average Bonchev–Trinajstić information content (AvgIpc) is 2.26. The topological polar surface area (TPSA) is 28.2 Å². The van der Waals surface area contributed by atoms with Crippen LogP contribution in [0, 0.1) is 0 Å². The smallest absolute Gasteiger partial charge is 0.125 e. The van der Waals surface area contributed by atoms with E-state index in [2.05, 4.69) is 41.3 Å². The molecule has 1 aromatic heterocycles. The quantitative estimate of drug-likeness (QED) is 0.819. The first-order valence-corrected chi connectivity index (χ1v) is 6.68.